The highest BCUT2D eigenvalue weighted by atomic mass is 16.8. The molecule has 1 fully saturated rings. The summed E-state index contributed by atoms with van der Waals surface area (Å²) in [4.78, 5) is 11.7. The van der Waals surface area contributed by atoms with E-state index in [1.54, 1.807) is 7.11 Å². The maximum atomic E-state index is 11.7. The van der Waals surface area contributed by atoms with Crippen LogP contribution in [0.25, 0.3) is 0 Å². The second-order valence-electron chi connectivity index (χ2n) is 5.94. The Morgan fingerprint density at radius 1 is 1.17 bits per heavy atom. The molecule has 1 aromatic carbocycles. The number of rotatable bonds is 8. The van der Waals surface area contributed by atoms with Gasteiger partial charge >= 0.3 is 12.4 Å². The molecule has 1 aliphatic rings. The molecule has 0 bridgehead atoms. The zero-order chi connectivity index (χ0) is 17.4. The summed E-state index contributed by atoms with van der Waals surface area (Å²) in [5, 5.41) is 0. The number of esters is 1. The van der Waals surface area contributed by atoms with Gasteiger partial charge in [-0.25, -0.2) is 0 Å². The van der Waals surface area contributed by atoms with E-state index in [1.165, 1.54) is 12.0 Å². The molecule has 0 N–H and O–H groups in total. The van der Waals surface area contributed by atoms with Crippen molar-refractivity contribution in [1.82, 2.24) is 0 Å². The van der Waals surface area contributed by atoms with E-state index >= 15 is 0 Å². The minimum atomic E-state index is -0.700. The van der Waals surface area contributed by atoms with E-state index in [0.29, 0.717) is 18.8 Å². The molecule has 0 amide bonds. The number of methoxy groups -OCH3 is 1. The summed E-state index contributed by atoms with van der Waals surface area (Å²) in [6.45, 7) is 3.54. The number of carbonyl (C=O) groups excluding carboxylic acids is 1. The monoisotopic (exact) mass is 336 g/mol. The van der Waals surface area contributed by atoms with Crippen LogP contribution in [0.4, 0.5) is 0 Å². The first kappa shape index (κ1) is 18.7. The van der Waals surface area contributed by atoms with Gasteiger partial charge in [-0.15, -0.1) is 0 Å². The fraction of sp³-hybridized carbons (Fsp3) is 0.632. The molecule has 0 radical (unpaired) electrons. The zero-order valence-electron chi connectivity index (χ0n) is 14.8. The van der Waals surface area contributed by atoms with Gasteiger partial charge in [0, 0.05) is 19.4 Å². The zero-order valence-corrected chi connectivity index (χ0v) is 14.8. The Balaban J connectivity index is 2.03. The summed E-state index contributed by atoms with van der Waals surface area (Å²) in [5.41, 5.74) is 1.18. The van der Waals surface area contributed by atoms with Crippen LogP contribution >= 0.6 is 0 Å². The van der Waals surface area contributed by atoms with Crippen LogP contribution in [-0.2, 0) is 19.0 Å². The summed E-state index contributed by atoms with van der Waals surface area (Å²) in [6.07, 6.45) is 4.66. The van der Waals surface area contributed by atoms with Crippen LogP contribution in [0.15, 0.2) is 24.3 Å². The standard InChI is InChI=1S/C19H28O5/c1-4-18(20)24-17-9-7-6-8-16(17)14-10-12-15(13-11-14)23-19(21-3)22-5-2/h10-13,16-17,19H,4-9H2,1-3H3/t16-,17+,19?/m0/s1. The van der Waals surface area contributed by atoms with E-state index in [2.05, 4.69) is 0 Å². The third-order valence-corrected chi connectivity index (χ3v) is 4.31. The molecule has 134 valence electrons. The Hall–Kier alpha value is -1.59. The first-order valence-corrected chi connectivity index (χ1v) is 8.78. The van der Waals surface area contributed by atoms with Crippen LogP contribution in [-0.4, -0.2) is 32.3 Å². The number of hydrogen-bond acceptors (Lipinski definition) is 5. The van der Waals surface area contributed by atoms with Crippen LogP contribution in [0.1, 0.15) is 57.4 Å². The van der Waals surface area contributed by atoms with Crippen molar-refractivity contribution in [3.05, 3.63) is 29.8 Å². The lowest BCUT2D eigenvalue weighted by atomic mass is 9.81. The van der Waals surface area contributed by atoms with E-state index in [9.17, 15) is 4.79 Å². The van der Waals surface area contributed by atoms with Gasteiger partial charge in [-0.05, 0) is 43.9 Å². The maximum Gasteiger partial charge on any atom is 0.315 e. The highest BCUT2D eigenvalue weighted by molar-refractivity contribution is 5.69. The molecule has 0 saturated heterocycles. The second-order valence-corrected chi connectivity index (χ2v) is 5.94. The number of hydrogen-bond donors (Lipinski definition) is 0. The first-order valence-electron chi connectivity index (χ1n) is 8.78. The van der Waals surface area contributed by atoms with Crippen molar-refractivity contribution in [2.45, 2.75) is 64.4 Å². The molecule has 0 spiro atoms. The molecular weight excluding hydrogens is 308 g/mol. The summed E-state index contributed by atoms with van der Waals surface area (Å²) in [6, 6.07) is 7.90. The molecule has 0 aromatic heterocycles. The topological polar surface area (TPSA) is 54.0 Å². The number of ether oxygens (including phenoxy) is 4. The molecule has 0 heterocycles. The highest BCUT2D eigenvalue weighted by Crippen LogP contribution is 2.36. The molecule has 0 aliphatic heterocycles. The number of carbonyl (C=O) groups is 1. The van der Waals surface area contributed by atoms with Crippen molar-refractivity contribution in [2.75, 3.05) is 13.7 Å². The summed E-state index contributed by atoms with van der Waals surface area (Å²) < 4.78 is 21.7. The molecule has 1 unspecified atom stereocenters. The predicted molar refractivity (Wildman–Crippen MR) is 90.9 cm³/mol. The molecule has 1 saturated carbocycles. The minimum Gasteiger partial charge on any atom is -0.462 e. The van der Waals surface area contributed by atoms with E-state index in [1.807, 2.05) is 38.1 Å². The molecule has 5 heteroatoms. The van der Waals surface area contributed by atoms with Crippen LogP contribution in [0.2, 0.25) is 0 Å². The van der Waals surface area contributed by atoms with Gasteiger partial charge in [0.2, 0.25) is 0 Å². The van der Waals surface area contributed by atoms with Gasteiger partial charge in [0.25, 0.3) is 0 Å². The fourth-order valence-electron chi connectivity index (χ4n) is 3.06. The molecule has 1 aromatic rings. The maximum absolute atomic E-state index is 11.7. The van der Waals surface area contributed by atoms with Crippen LogP contribution in [0, 0.1) is 0 Å². The SMILES string of the molecule is CCOC(OC)Oc1ccc([C@@H]2CCCC[C@H]2OC(=O)CC)cc1. The van der Waals surface area contributed by atoms with Gasteiger partial charge in [0.05, 0.1) is 6.61 Å². The average molecular weight is 336 g/mol. The van der Waals surface area contributed by atoms with Crippen molar-refractivity contribution in [3.63, 3.8) is 0 Å². The molecule has 5 nitrogen and oxygen atoms in total. The summed E-state index contributed by atoms with van der Waals surface area (Å²) >= 11 is 0. The molecule has 2 rings (SSSR count). The number of benzene rings is 1. The Kier molecular flexibility index (Phi) is 7.53. The van der Waals surface area contributed by atoms with E-state index in [0.717, 1.165) is 19.3 Å². The van der Waals surface area contributed by atoms with E-state index in [-0.39, 0.29) is 18.0 Å². The lowest BCUT2D eigenvalue weighted by Gasteiger charge is -2.31. The molecular formula is C19H28O5. The third-order valence-electron chi connectivity index (χ3n) is 4.31. The van der Waals surface area contributed by atoms with Crippen LogP contribution in [0.5, 0.6) is 5.75 Å². The van der Waals surface area contributed by atoms with Gasteiger partial charge in [-0.1, -0.05) is 25.5 Å². The first-order chi connectivity index (χ1) is 11.7. The Morgan fingerprint density at radius 3 is 2.50 bits per heavy atom. The Morgan fingerprint density at radius 2 is 1.88 bits per heavy atom. The van der Waals surface area contributed by atoms with Crippen molar-refractivity contribution in [1.29, 1.82) is 0 Å². The van der Waals surface area contributed by atoms with Crippen LogP contribution in [0.3, 0.4) is 0 Å². The smallest absolute Gasteiger partial charge is 0.315 e. The van der Waals surface area contributed by atoms with Gasteiger partial charge in [0.1, 0.15) is 11.9 Å². The van der Waals surface area contributed by atoms with Crippen molar-refractivity contribution in [2.24, 2.45) is 0 Å². The van der Waals surface area contributed by atoms with Gasteiger partial charge in [-0.2, -0.15) is 0 Å². The largest absolute Gasteiger partial charge is 0.462 e. The highest BCUT2D eigenvalue weighted by Gasteiger charge is 2.29. The minimum absolute atomic E-state index is 0.0203. The normalized spacial score (nSPS) is 22.0. The fourth-order valence-corrected chi connectivity index (χ4v) is 3.06. The van der Waals surface area contributed by atoms with Gasteiger partial charge < -0.3 is 18.9 Å². The van der Waals surface area contributed by atoms with Crippen LogP contribution < -0.4 is 4.74 Å². The van der Waals surface area contributed by atoms with Gasteiger partial charge in [0.15, 0.2) is 0 Å². The summed E-state index contributed by atoms with van der Waals surface area (Å²) in [7, 11) is 1.55. The van der Waals surface area contributed by atoms with Crippen molar-refractivity contribution in [3.8, 4) is 5.75 Å². The molecule has 3 atom stereocenters. The average Bonchev–Trinajstić information content (AvgIpc) is 2.62. The lowest BCUT2D eigenvalue weighted by Crippen LogP contribution is -2.28. The molecule has 1 aliphatic carbocycles. The molecule has 24 heavy (non-hydrogen) atoms. The van der Waals surface area contributed by atoms with E-state index in [4.69, 9.17) is 18.9 Å². The lowest BCUT2D eigenvalue weighted by molar-refractivity contribution is -0.231. The second kappa shape index (κ2) is 9.64. The third kappa shape index (κ3) is 5.21. The Labute approximate surface area is 144 Å². The quantitative estimate of drug-likeness (QED) is 0.530. The summed E-state index contributed by atoms with van der Waals surface area (Å²) in [5.74, 6) is 0.830. The predicted octanol–water partition coefficient (Wildman–Crippen LogP) is 4.01. The van der Waals surface area contributed by atoms with Crippen molar-refractivity contribution >= 4 is 5.97 Å². The van der Waals surface area contributed by atoms with Crippen molar-refractivity contribution < 1.29 is 23.7 Å². The van der Waals surface area contributed by atoms with E-state index < -0.39 is 6.48 Å². The van der Waals surface area contributed by atoms with Gasteiger partial charge in [-0.3, -0.25) is 4.79 Å². The Bertz CT molecular complexity index is 499.